The Labute approximate surface area is 166 Å². The summed E-state index contributed by atoms with van der Waals surface area (Å²) in [4.78, 5) is 28.5. The van der Waals surface area contributed by atoms with E-state index in [1.165, 1.54) is 17.6 Å². The number of aromatic nitrogens is 1. The van der Waals surface area contributed by atoms with Crippen molar-refractivity contribution in [2.45, 2.75) is 26.2 Å². The number of nitrogens with one attached hydrogen (secondary N) is 2. The predicted molar refractivity (Wildman–Crippen MR) is 108 cm³/mol. The first kappa shape index (κ1) is 19.6. The number of carbonyl (C=O) groups is 2. The fourth-order valence-electron chi connectivity index (χ4n) is 2.24. The minimum Gasteiger partial charge on any atom is -0.484 e. The van der Waals surface area contributed by atoms with E-state index in [0.717, 1.165) is 5.69 Å². The number of nitrogens with zero attached hydrogens (tertiary/aromatic N) is 1. The maximum atomic E-state index is 12.1. The molecule has 1 aromatic carbocycles. The maximum Gasteiger partial charge on any atom is 0.291 e. The lowest BCUT2D eigenvalue weighted by atomic mass is 9.93. The third-order valence-electron chi connectivity index (χ3n) is 3.73. The van der Waals surface area contributed by atoms with Gasteiger partial charge in [0.25, 0.3) is 11.8 Å². The van der Waals surface area contributed by atoms with Crippen molar-refractivity contribution < 1.29 is 18.7 Å². The van der Waals surface area contributed by atoms with Crippen LogP contribution >= 0.6 is 11.3 Å². The Morgan fingerprint density at radius 3 is 2.68 bits per heavy atom. The standard InChI is InChI=1S/C20H21N3O4S/c1-20(2,3)16-12-28-19(22-16)23-17(24)11-27-14-7-4-6-13(10-14)21-18(25)15-8-5-9-26-15/h4-10,12H,11H2,1-3H3,(H,21,25)(H,22,23,24). The molecule has 2 heterocycles. The molecule has 2 amide bonds. The molecule has 0 aliphatic rings. The van der Waals surface area contributed by atoms with Crippen LogP contribution < -0.4 is 15.4 Å². The van der Waals surface area contributed by atoms with Gasteiger partial charge >= 0.3 is 0 Å². The smallest absolute Gasteiger partial charge is 0.291 e. The molecule has 2 N–H and O–H groups in total. The highest BCUT2D eigenvalue weighted by Crippen LogP contribution is 2.26. The van der Waals surface area contributed by atoms with E-state index in [4.69, 9.17) is 9.15 Å². The summed E-state index contributed by atoms with van der Waals surface area (Å²) in [5.74, 6) is 0.00355. The van der Waals surface area contributed by atoms with Crippen molar-refractivity contribution >= 4 is 34.0 Å². The number of benzene rings is 1. The minimum absolute atomic E-state index is 0.0729. The van der Waals surface area contributed by atoms with Gasteiger partial charge in [-0.2, -0.15) is 0 Å². The summed E-state index contributed by atoms with van der Waals surface area (Å²) in [6.07, 6.45) is 1.43. The summed E-state index contributed by atoms with van der Waals surface area (Å²) in [7, 11) is 0. The van der Waals surface area contributed by atoms with Crippen LogP contribution in [0.2, 0.25) is 0 Å². The van der Waals surface area contributed by atoms with Crippen molar-refractivity contribution in [1.82, 2.24) is 4.98 Å². The van der Waals surface area contributed by atoms with E-state index in [1.807, 2.05) is 5.38 Å². The van der Waals surface area contributed by atoms with Crippen molar-refractivity contribution in [3.8, 4) is 5.75 Å². The first-order valence-electron chi connectivity index (χ1n) is 8.65. The highest BCUT2D eigenvalue weighted by molar-refractivity contribution is 7.13. The maximum absolute atomic E-state index is 12.1. The van der Waals surface area contributed by atoms with Gasteiger partial charge in [0.1, 0.15) is 5.75 Å². The van der Waals surface area contributed by atoms with E-state index >= 15 is 0 Å². The molecule has 0 aliphatic heterocycles. The number of anilines is 2. The van der Waals surface area contributed by atoms with Gasteiger partial charge in [0, 0.05) is 22.5 Å². The molecule has 0 spiro atoms. The number of hydrogen-bond donors (Lipinski definition) is 2. The molecule has 146 valence electrons. The van der Waals surface area contributed by atoms with Crippen LogP contribution in [0.3, 0.4) is 0 Å². The molecule has 0 bridgehead atoms. The Balaban J connectivity index is 1.53. The molecule has 0 fully saturated rings. The fraction of sp³-hybridized carbons (Fsp3) is 0.250. The van der Waals surface area contributed by atoms with E-state index in [1.54, 1.807) is 36.4 Å². The van der Waals surface area contributed by atoms with Crippen LogP contribution in [-0.4, -0.2) is 23.4 Å². The first-order valence-corrected chi connectivity index (χ1v) is 9.53. The number of rotatable bonds is 6. The van der Waals surface area contributed by atoms with Gasteiger partial charge < -0.3 is 14.5 Å². The molecular formula is C20H21N3O4S. The lowest BCUT2D eigenvalue weighted by Crippen LogP contribution is -2.20. The highest BCUT2D eigenvalue weighted by atomic mass is 32.1. The number of hydrogen-bond acceptors (Lipinski definition) is 6. The van der Waals surface area contributed by atoms with Gasteiger partial charge in [-0.15, -0.1) is 11.3 Å². The molecule has 0 unspecified atom stereocenters. The van der Waals surface area contributed by atoms with Crippen molar-refractivity contribution in [1.29, 1.82) is 0 Å². The quantitative estimate of drug-likeness (QED) is 0.644. The van der Waals surface area contributed by atoms with Crippen LogP contribution in [0.25, 0.3) is 0 Å². The Hall–Kier alpha value is -3.13. The normalized spacial score (nSPS) is 11.1. The third-order valence-corrected chi connectivity index (χ3v) is 4.48. The van der Waals surface area contributed by atoms with E-state index in [2.05, 4.69) is 36.4 Å². The van der Waals surface area contributed by atoms with Crippen LogP contribution in [0.5, 0.6) is 5.75 Å². The van der Waals surface area contributed by atoms with Gasteiger partial charge in [-0.3, -0.25) is 14.9 Å². The van der Waals surface area contributed by atoms with Gasteiger partial charge in [0.05, 0.1) is 12.0 Å². The lowest BCUT2D eigenvalue weighted by Gasteiger charge is -2.14. The zero-order valence-corrected chi connectivity index (χ0v) is 16.6. The molecule has 8 heteroatoms. The van der Waals surface area contributed by atoms with Gasteiger partial charge in [-0.1, -0.05) is 26.8 Å². The summed E-state index contributed by atoms with van der Waals surface area (Å²) in [6.45, 7) is 6.03. The van der Waals surface area contributed by atoms with Crippen molar-refractivity contribution in [3.05, 3.63) is 59.5 Å². The summed E-state index contributed by atoms with van der Waals surface area (Å²) in [5.41, 5.74) is 1.39. The number of thiazole rings is 1. The summed E-state index contributed by atoms with van der Waals surface area (Å²) in [5, 5.41) is 7.91. The summed E-state index contributed by atoms with van der Waals surface area (Å²) < 4.78 is 10.6. The Morgan fingerprint density at radius 2 is 2.00 bits per heavy atom. The number of furan rings is 1. The fourth-order valence-corrected chi connectivity index (χ4v) is 3.20. The van der Waals surface area contributed by atoms with E-state index in [-0.39, 0.29) is 29.6 Å². The largest absolute Gasteiger partial charge is 0.484 e. The second-order valence-electron chi connectivity index (χ2n) is 7.08. The second kappa shape index (κ2) is 8.26. The first-order chi connectivity index (χ1) is 13.3. The van der Waals surface area contributed by atoms with E-state index in [9.17, 15) is 9.59 Å². The van der Waals surface area contributed by atoms with Crippen LogP contribution in [0.15, 0.2) is 52.5 Å². The second-order valence-corrected chi connectivity index (χ2v) is 7.94. The van der Waals surface area contributed by atoms with Gasteiger partial charge in [0.15, 0.2) is 17.5 Å². The molecule has 0 aliphatic carbocycles. The van der Waals surface area contributed by atoms with Gasteiger partial charge in [-0.05, 0) is 24.3 Å². The minimum atomic E-state index is -0.363. The molecule has 3 aromatic rings. The summed E-state index contributed by atoms with van der Waals surface area (Å²) in [6, 6.07) is 9.99. The van der Waals surface area contributed by atoms with Crippen LogP contribution in [0, 0.1) is 0 Å². The van der Waals surface area contributed by atoms with Crippen molar-refractivity contribution in [2.75, 3.05) is 17.2 Å². The number of carbonyl (C=O) groups excluding carboxylic acids is 2. The Morgan fingerprint density at radius 1 is 1.18 bits per heavy atom. The predicted octanol–water partition coefficient (Wildman–Crippen LogP) is 4.30. The molecule has 2 aromatic heterocycles. The van der Waals surface area contributed by atoms with Crippen LogP contribution in [-0.2, 0) is 10.2 Å². The van der Waals surface area contributed by atoms with Crippen LogP contribution in [0.4, 0.5) is 10.8 Å². The van der Waals surface area contributed by atoms with Gasteiger partial charge in [0.2, 0.25) is 0 Å². The molecule has 0 radical (unpaired) electrons. The average molecular weight is 399 g/mol. The Kier molecular flexibility index (Phi) is 5.79. The number of ether oxygens (including phenoxy) is 1. The van der Waals surface area contributed by atoms with Gasteiger partial charge in [-0.25, -0.2) is 4.98 Å². The molecule has 0 saturated carbocycles. The van der Waals surface area contributed by atoms with E-state index in [0.29, 0.717) is 16.6 Å². The summed E-state index contributed by atoms with van der Waals surface area (Å²) >= 11 is 1.38. The topological polar surface area (TPSA) is 93.5 Å². The average Bonchev–Trinajstić information content (AvgIpc) is 3.32. The molecule has 0 saturated heterocycles. The zero-order valence-electron chi connectivity index (χ0n) is 15.8. The van der Waals surface area contributed by atoms with Crippen molar-refractivity contribution in [3.63, 3.8) is 0 Å². The van der Waals surface area contributed by atoms with E-state index < -0.39 is 0 Å². The molecule has 7 nitrogen and oxygen atoms in total. The highest BCUT2D eigenvalue weighted by Gasteiger charge is 2.18. The molecule has 0 atom stereocenters. The van der Waals surface area contributed by atoms with Crippen molar-refractivity contribution in [2.24, 2.45) is 0 Å². The molecular weight excluding hydrogens is 378 g/mol. The SMILES string of the molecule is CC(C)(C)c1csc(NC(=O)COc2cccc(NC(=O)c3ccco3)c2)n1. The molecule has 28 heavy (non-hydrogen) atoms. The number of amides is 2. The van der Waals surface area contributed by atoms with Crippen LogP contribution in [0.1, 0.15) is 37.0 Å². The third kappa shape index (κ3) is 5.20. The monoisotopic (exact) mass is 399 g/mol. The zero-order chi connectivity index (χ0) is 20.1. The Bertz CT molecular complexity index is 958. The molecule has 3 rings (SSSR count). The lowest BCUT2D eigenvalue weighted by molar-refractivity contribution is -0.118.